The minimum Gasteiger partial charge on any atom is -0.495 e. The number of ether oxygens (including phenoxy) is 1. The average molecular weight is 384 g/mol. The molecule has 0 saturated heterocycles. The minimum atomic E-state index is 0.131. The van der Waals surface area contributed by atoms with Crippen LogP contribution in [0, 0.1) is 0 Å². The first kappa shape index (κ1) is 19.5. The lowest BCUT2D eigenvalue weighted by molar-refractivity contribution is 0.415. The Kier molecular flexibility index (Phi) is 7.52. The SMILES string of the molecule is CCCC(CCC)Nc1nc(Cl)nc(Nc2ccc(OC)c(Cl)c2)n1. The van der Waals surface area contributed by atoms with Gasteiger partial charge in [-0.05, 0) is 42.6 Å². The van der Waals surface area contributed by atoms with Gasteiger partial charge in [-0.25, -0.2) is 0 Å². The second kappa shape index (κ2) is 9.63. The van der Waals surface area contributed by atoms with Gasteiger partial charge in [-0.3, -0.25) is 0 Å². The van der Waals surface area contributed by atoms with Gasteiger partial charge in [0.15, 0.2) is 0 Å². The molecule has 136 valence electrons. The van der Waals surface area contributed by atoms with Gasteiger partial charge in [0.25, 0.3) is 0 Å². The van der Waals surface area contributed by atoms with E-state index in [1.165, 1.54) is 0 Å². The molecule has 0 aliphatic carbocycles. The molecule has 0 amide bonds. The number of methoxy groups -OCH3 is 1. The molecule has 0 atom stereocenters. The summed E-state index contributed by atoms with van der Waals surface area (Å²) in [5.74, 6) is 1.43. The van der Waals surface area contributed by atoms with Crippen molar-refractivity contribution in [3.05, 3.63) is 28.5 Å². The molecular weight excluding hydrogens is 361 g/mol. The Morgan fingerprint density at radius 2 is 1.72 bits per heavy atom. The normalized spacial score (nSPS) is 10.8. The lowest BCUT2D eigenvalue weighted by Crippen LogP contribution is -2.21. The molecule has 0 spiro atoms. The van der Waals surface area contributed by atoms with Gasteiger partial charge in [0.1, 0.15) is 5.75 Å². The summed E-state index contributed by atoms with van der Waals surface area (Å²) < 4.78 is 5.15. The minimum absolute atomic E-state index is 0.131. The number of halogens is 2. The van der Waals surface area contributed by atoms with Crippen molar-refractivity contribution in [1.82, 2.24) is 15.0 Å². The number of nitrogens with one attached hydrogen (secondary N) is 2. The zero-order valence-corrected chi connectivity index (χ0v) is 16.2. The first-order valence-corrected chi connectivity index (χ1v) is 9.10. The van der Waals surface area contributed by atoms with Gasteiger partial charge >= 0.3 is 0 Å². The van der Waals surface area contributed by atoms with Crippen LogP contribution in [0.1, 0.15) is 39.5 Å². The van der Waals surface area contributed by atoms with Crippen LogP contribution < -0.4 is 15.4 Å². The zero-order valence-electron chi connectivity index (χ0n) is 14.6. The Morgan fingerprint density at radius 1 is 1.04 bits per heavy atom. The van der Waals surface area contributed by atoms with Gasteiger partial charge in [0.2, 0.25) is 17.2 Å². The van der Waals surface area contributed by atoms with E-state index in [0.29, 0.717) is 28.7 Å². The number of anilines is 3. The third-order valence-corrected chi connectivity index (χ3v) is 4.09. The molecule has 1 heterocycles. The van der Waals surface area contributed by atoms with Crippen LogP contribution in [0.5, 0.6) is 5.75 Å². The molecule has 2 rings (SSSR count). The Bertz CT molecular complexity index is 693. The van der Waals surface area contributed by atoms with E-state index >= 15 is 0 Å². The van der Waals surface area contributed by atoms with E-state index in [4.69, 9.17) is 27.9 Å². The highest BCUT2D eigenvalue weighted by Crippen LogP contribution is 2.28. The molecule has 0 saturated carbocycles. The molecule has 2 N–H and O–H groups in total. The molecule has 1 aromatic carbocycles. The van der Waals surface area contributed by atoms with Crippen molar-refractivity contribution in [3.8, 4) is 5.75 Å². The fourth-order valence-corrected chi connectivity index (χ4v) is 2.93. The maximum absolute atomic E-state index is 6.14. The lowest BCUT2D eigenvalue weighted by atomic mass is 10.1. The second-order valence-corrected chi connectivity index (χ2v) is 6.39. The highest BCUT2D eigenvalue weighted by atomic mass is 35.5. The molecule has 0 fully saturated rings. The summed E-state index contributed by atoms with van der Waals surface area (Å²) in [6.45, 7) is 4.32. The molecule has 0 radical (unpaired) electrons. The highest BCUT2D eigenvalue weighted by molar-refractivity contribution is 6.32. The number of benzene rings is 1. The third-order valence-electron chi connectivity index (χ3n) is 3.62. The van der Waals surface area contributed by atoms with Crippen molar-refractivity contribution >= 4 is 40.8 Å². The largest absolute Gasteiger partial charge is 0.495 e. The van der Waals surface area contributed by atoms with Gasteiger partial charge in [-0.15, -0.1) is 0 Å². The summed E-state index contributed by atoms with van der Waals surface area (Å²) in [6.07, 6.45) is 4.28. The predicted molar refractivity (Wildman–Crippen MR) is 103 cm³/mol. The van der Waals surface area contributed by atoms with Gasteiger partial charge < -0.3 is 15.4 Å². The summed E-state index contributed by atoms with van der Waals surface area (Å²) >= 11 is 12.2. The third kappa shape index (κ3) is 5.90. The fraction of sp³-hybridized carbons (Fsp3) is 0.471. The quantitative estimate of drug-likeness (QED) is 0.610. The Morgan fingerprint density at radius 3 is 2.32 bits per heavy atom. The first-order chi connectivity index (χ1) is 12.0. The molecule has 2 aromatic rings. The molecule has 25 heavy (non-hydrogen) atoms. The van der Waals surface area contributed by atoms with E-state index < -0.39 is 0 Å². The van der Waals surface area contributed by atoms with E-state index in [1.807, 2.05) is 6.07 Å². The molecule has 0 aliphatic heterocycles. The van der Waals surface area contributed by atoms with Crippen molar-refractivity contribution in [3.63, 3.8) is 0 Å². The van der Waals surface area contributed by atoms with Crippen LogP contribution in [0.15, 0.2) is 18.2 Å². The number of hydrogen-bond donors (Lipinski definition) is 2. The number of nitrogens with zero attached hydrogens (tertiary/aromatic N) is 3. The van der Waals surface area contributed by atoms with Gasteiger partial charge in [-0.2, -0.15) is 15.0 Å². The first-order valence-electron chi connectivity index (χ1n) is 8.34. The van der Waals surface area contributed by atoms with E-state index in [1.54, 1.807) is 19.2 Å². The molecule has 0 unspecified atom stereocenters. The van der Waals surface area contributed by atoms with Crippen LogP contribution in [0.25, 0.3) is 0 Å². The highest BCUT2D eigenvalue weighted by Gasteiger charge is 2.11. The monoisotopic (exact) mass is 383 g/mol. The van der Waals surface area contributed by atoms with Crippen molar-refractivity contribution in [2.45, 2.75) is 45.6 Å². The maximum atomic E-state index is 6.14. The summed E-state index contributed by atoms with van der Waals surface area (Å²) in [6, 6.07) is 5.65. The van der Waals surface area contributed by atoms with Gasteiger partial charge in [-0.1, -0.05) is 38.3 Å². The van der Waals surface area contributed by atoms with Crippen LogP contribution in [0.4, 0.5) is 17.6 Å². The summed E-state index contributed by atoms with van der Waals surface area (Å²) in [5.41, 5.74) is 0.734. The van der Waals surface area contributed by atoms with E-state index in [2.05, 4.69) is 39.4 Å². The fourth-order valence-electron chi connectivity index (χ4n) is 2.51. The van der Waals surface area contributed by atoms with E-state index in [0.717, 1.165) is 31.4 Å². The summed E-state index contributed by atoms with van der Waals surface area (Å²) in [7, 11) is 1.57. The Labute approximate surface area is 158 Å². The van der Waals surface area contributed by atoms with Crippen molar-refractivity contribution in [2.24, 2.45) is 0 Å². The van der Waals surface area contributed by atoms with Crippen LogP contribution in [-0.2, 0) is 0 Å². The van der Waals surface area contributed by atoms with Gasteiger partial charge in [0.05, 0.1) is 12.1 Å². The number of aromatic nitrogens is 3. The topological polar surface area (TPSA) is 72.0 Å². The number of rotatable bonds is 9. The Balaban J connectivity index is 2.16. The molecule has 0 aliphatic rings. The predicted octanol–water partition coefficient (Wildman–Crippen LogP) is 5.31. The standard InChI is InChI=1S/C17H23Cl2N5O/c1-4-6-11(7-5-2)20-16-22-15(19)23-17(24-16)21-12-8-9-14(25-3)13(18)10-12/h8-11H,4-7H2,1-3H3,(H2,20,21,22,23,24). The Hall–Kier alpha value is -1.79. The smallest absolute Gasteiger partial charge is 0.233 e. The van der Waals surface area contributed by atoms with Crippen molar-refractivity contribution in [1.29, 1.82) is 0 Å². The zero-order chi connectivity index (χ0) is 18.2. The second-order valence-electron chi connectivity index (χ2n) is 5.64. The van der Waals surface area contributed by atoms with Crippen molar-refractivity contribution < 1.29 is 4.74 Å². The summed E-state index contributed by atoms with van der Waals surface area (Å²) in [5, 5.41) is 7.06. The number of hydrogen-bond acceptors (Lipinski definition) is 6. The lowest BCUT2D eigenvalue weighted by Gasteiger charge is -2.17. The molecule has 8 heteroatoms. The molecule has 1 aromatic heterocycles. The molecule has 6 nitrogen and oxygen atoms in total. The van der Waals surface area contributed by atoms with Crippen LogP contribution in [0.2, 0.25) is 10.3 Å². The van der Waals surface area contributed by atoms with E-state index in [9.17, 15) is 0 Å². The molecule has 0 bridgehead atoms. The molecular formula is C17H23Cl2N5O. The summed E-state index contributed by atoms with van der Waals surface area (Å²) in [4.78, 5) is 12.7. The van der Waals surface area contributed by atoms with Crippen LogP contribution >= 0.6 is 23.2 Å². The maximum Gasteiger partial charge on any atom is 0.233 e. The van der Waals surface area contributed by atoms with Crippen molar-refractivity contribution in [2.75, 3.05) is 17.7 Å². The van der Waals surface area contributed by atoms with E-state index in [-0.39, 0.29) is 5.28 Å². The van der Waals surface area contributed by atoms with Gasteiger partial charge in [0, 0.05) is 11.7 Å². The van der Waals surface area contributed by atoms with Crippen LogP contribution in [0.3, 0.4) is 0 Å². The average Bonchev–Trinajstić information content (AvgIpc) is 2.55. The van der Waals surface area contributed by atoms with Crippen LogP contribution in [-0.4, -0.2) is 28.1 Å².